The van der Waals surface area contributed by atoms with E-state index < -0.39 is 5.97 Å². The van der Waals surface area contributed by atoms with Gasteiger partial charge in [-0.25, -0.2) is 4.79 Å². The summed E-state index contributed by atoms with van der Waals surface area (Å²) in [6.45, 7) is 3.73. The van der Waals surface area contributed by atoms with Gasteiger partial charge in [-0.15, -0.1) is 0 Å². The average Bonchev–Trinajstić information content (AvgIpc) is 2.38. The van der Waals surface area contributed by atoms with E-state index in [2.05, 4.69) is 0 Å². The van der Waals surface area contributed by atoms with Gasteiger partial charge in [-0.1, -0.05) is 17.7 Å². The lowest BCUT2D eigenvalue weighted by Gasteiger charge is -2.14. The Balaban J connectivity index is 2.72. The predicted octanol–water partition coefficient (Wildman–Crippen LogP) is 4.33. The first-order valence-electron chi connectivity index (χ1n) is 6.12. The molecule has 0 aliphatic heterocycles. The van der Waals surface area contributed by atoms with Crippen LogP contribution < -0.4 is 4.74 Å². The van der Waals surface area contributed by atoms with Crippen LogP contribution >= 0.6 is 11.6 Å². The van der Waals surface area contributed by atoms with Gasteiger partial charge < -0.3 is 9.84 Å². The lowest BCUT2D eigenvalue weighted by molar-refractivity contribution is 0.0696. The summed E-state index contributed by atoms with van der Waals surface area (Å²) < 4.78 is 5.33. The van der Waals surface area contributed by atoms with Crippen molar-refractivity contribution in [2.75, 3.05) is 7.11 Å². The third-order valence-electron chi connectivity index (χ3n) is 3.25. The minimum atomic E-state index is -0.940. The fourth-order valence-electron chi connectivity index (χ4n) is 2.26. The largest absolute Gasteiger partial charge is 0.496 e. The van der Waals surface area contributed by atoms with Gasteiger partial charge in [-0.3, -0.25) is 0 Å². The molecular formula is C16H15ClO3. The molecule has 0 aliphatic carbocycles. The highest BCUT2D eigenvalue weighted by Crippen LogP contribution is 2.35. The fraction of sp³-hybridized carbons (Fsp3) is 0.188. The molecule has 0 heterocycles. The van der Waals surface area contributed by atoms with Crippen molar-refractivity contribution in [1.82, 2.24) is 0 Å². The summed E-state index contributed by atoms with van der Waals surface area (Å²) in [6.07, 6.45) is 0. The molecule has 0 bridgehead atoms. The molecule has 2 aromatic carbocycles. The van der Waals surface area contributed by atoms with Gasteiger partial charge in [-0.2, -0.15) is 0 Å². The number of benzene rings is 2. The maximum absolute atomic E-state index is 11.3. The fourth-order valence-corrected chi connectivity index (χ4v) is 2.44. The Hall–Kier alpha value is -2.00. The number of aromatic carboxylic acids is 1. The molecule has 0 saturated carbocycles. The molecule has 1 N–H and O–H groups in total. The molecule has 2 rings (SSSR count). The van der Waals surface area contributed by atoms with E-state index in [-0.39, 0.29) is 5.56 Å². The Morgan fingerprint density at radius 2 is 1.80 bits per heavy atom. The number of hydrogen-bond acceptors (Lipinski definition) is 2. The molecule has 104 valence electrons. The van der Waals surface area contributed by atoms with Crippen molar-refractivity contribution in [2.45, 2.75) is 13.8 Å². The Morgan fingerprint density at radius 3 is 2.40 bits per heavy atom. The lowest BCUT2D eigenvalue weighted by Crippen LogP contribution is -2.01. The standard InChI is InChI=1S/C16H15ClO3/c1-9-6-10(2)13(16(18)19)8-12(9)14-7-11(17)4-5-15(14)20-3/h4-8H,1-3H3,(H,18,19). The Kier molecular flexibility index (Phi) is 4.00. The summed E-state index contributed by atoms with van der Waals surface area (Å²) in [4.78, 5) is 11.3. The maximum Gasteiger partial charge on any atom is 0.335 e. The maximum atomic E-state index is 11.3. The van der Waals surface area contributed by atoms with Gasteiger partial charge in [0, 0.05) is 10.6 Å². The number of aryl methyl sites for hydroxylation is 2. The number of carbonyl (C=O) groups is 1. The second kappa shape index (κ2) is 5.55. The van der Waals surface area contributed by atoms with Crippen molar-refractivity contribution in [3.63, 3.8) is 0 Å². The number of methoxy groups -OCH3 is 1. The van der Waals surface area contributed by atoms with Gasteiger partial charge in [0.1, 0.15) is 5.75 Å². The molecule has 2 aromatic rings. The molecule has 3 nitrogen and oxygen atoms in total. The lowest BCUT2D eigenvalue weighted by atomic mass is 9.94. The van der Waals surface area contributed by atoms with E-state index in [1.165, 1.54) is 0 Å². The summed E-state index contributed by atoms with van der Waals surface area (Å²) in [7, 11) is 1.58. The summed E-state index contributed by atoms with van der Waals surface area (Å²) in [5.74, 6) is -0.276. The molecule has 0 radical (unpaired) electrons. The van der Waals surface area contributed by atoms with E-state index >= 15 is 0 Å². The van der Waals surface area contributed by atoms with Gasteiger partial charge >= 0.3 is 5.97 Å². The molecule has 0 fully saturated rings. The van der Waals surface area contributed by atoms with E-state index in [4.69, 9.17) is 16.3 Å². The van der Waals surface area contributed by atoms with Crippen LogP contribution in [0.1, 0.15) is 21.5 Å². The normalized spacial score (nSPS) is 10.4. The molecular weight excluding hydrogens is 276 g/mol. The van der Waals surface area contributed by atoms with Crippen LogP contribution in [0.5, 0.6) is 5.75 Å². The van der Waals surface area contributed by atoms with Crippen LogP contribution in [0.4, 0.5) is 0 Å². The van der Waals surface area contributed by atoms with Crippen LogP contribution in [0.15, 0.2) is 30.3 Å². The SMILES string of the molecule is COc1ccc(Cl)cc1-c1cc(C(=O)O)c(C)cc1C. The molecule has 4 heteroatoms. The first-order chi connectivity index (χ1) is 9.43. The van der Waals surface area contributed by atoms with Crippen molar-refractivity contribution in [2.24, 2.45) is 0 Å². The van der Waals surface area contributed by atoms with Crippen molar-refractivity contribution >= 4 is 17.6 Å². The van der Waals surface area contributed by atoms with Crippen LogP contribution in [0, 0.1) is 13.8 Å². The minimum Gasteiger partial charge on any atom is -0.496 e. The molecule has 0 atom stereocenters. The van der Waals surface area contributed by atoms with Crippen molar-refractivity contribution in [3.8, 4) is 16.9 Å². The third-order valence-corrected chi connectivity index (χ3v) is 3.49. The second-order valence-electron chi connectivity index (χ2n) is 4.63. The second-order valence-corrected chi connectivity index (χ2v) is 5.07. The Bertz CT molecular complexity index is 678. The number of rotatable bonds is 3. The molecule has 0 saturated heterocycles. The first-order valence-corrected chi connectivity index (χ1v) is 6.50. The van der Waals surface area contributed by atoms with E-state index in [0.717, 1.165) is 22.3 Å². The highest BCUT2D eigenvalue weighted by atomic mass is 35.5. The van der Waals surface area contributed by atoms with Crippen LogP contribution in [0.25, 0.3) is 11.1 Å². The summed E-state index contributed by atoms with van der Waals surface area (Å²) >= 11 is 6.04. The highest BCUT2D eigenvalue weighted by molar-refractivity contribution is 6.31. The van der Waals surface area contributed by atoms with E-state index in [9.17, 15) is 9.90 Å². The molecule has 0 unspecified atom stereocenters. The van der Waals surface area contributed by atoms with Gasteiger partial charge in [0.05, 0.1) is 12.7 Å². The minimum absolute atomic E-state index is 0.285. The quantitative estimate of drug-likeness (QED) is 0.915. The molecule has 0 amide bonds. The number of carboxylic acids is 1. The zero-order chi connectivity index (χ0) is 14.9. The first kappa shape index (κ1) is 14.4. The predicted molar refractivity (Wildman–Crippen MR) is 79.9 cm³/mol. The number of hydrogen-bond donors (Lipinski definition) is 1. The zero-order valence-corrected chi connectivity index (χ0v) is 12.3. The third kappa shape index (κ3) is 2.63. The van der Waals surface area contributed by atoms with Gasteiger partial charge in [0.25, 0.3) is 0 Å². The highest BCUT2D eigenvalue weighted by Gasteiger charge is 2.14. The van der Waals surface area contributed by atoms with Gasteiger partial charge in [0.15, 0.2) is 0 Å². The van der Waals surface area contributed by atoms with Crippen molar-refractivity contribution in [1.29, 1.82) is 0 Å². The molecule has 0 aromatic heterocycles. The Morgan fingerprint density at radius 1 is 1.10 bits per heavy atom. The van der Waals surface area contributed by atoms with Crippen LogP contribution in [-0.4, -0.2) is 18.2 Å². The molecule has 0 aliphatic rings. The summed E-state index contributed by atoms with van der Waals surface area (Å²) in [5.41, 5.74) is 3.60. The van der Waals surface area contributed by atoms with E-state index in [1.807, 2.05) is 13.0 Å². The number of carboxylic acid groups (broad SMARTS) is 1. The summed E-state index contributed by atoms with van der Waals surface area (Å²) in [5, 5.41) is 9.83. The van der Waals surface area contributed by atoms with Crippen LogP contribution in [0.2, 0.25) is 5.02 Å². The smallest absolute Gasteiger partial charge is 0.335 e. The number of halogens is 1. The summed E-state index contributed by atoms with van der Waals surface area (Å²) in [6, 6.07) is 8.83. The monoisotopic (exact) mass is 290 g/mol. The molecule has 0 spiro atoms. The van der Waals surface area contributed by atoms with Gasteiger partial charge in [-0.05, 0) is 54.8 Å². The van der Waals surface area contributed by atoms with E-state index in [1.54, 1.807) is 38.3 Å². The average molecular weight is 291 g/mol. The molecule has 20 heavy (non-hydrogen) atoms. The van der Waals surface area contributed by atoms with Crippen LogP contribution in [0.3, 0.4) is 0 Å². The van der Waals surface area contributed by atoms with Gasteiger partial charge in [0.2, 0.25) is 0 Å². The van der Waals surface area contributed by atoms with Crippen molar-refractivity contribution < 1.29 is 14.6 Å². The van der Waals surface area contributed by atoms with Crippen LogP contribution in [-0.2, 0) is 0 Å². The topological polar surface area (TPSA) is 46.5 Å². The Labute approximate surface area is 122 Å². The number of ether oxygens (including phenoxy) is 1. The van der Waals surface area contributed by atoms with Crippen molar-refractivity contribution in [3.05, 3.63) is 52.0 Å². The zero-order valence-electron chi connectivity index (χ0n) is 11.5. The van der Waals surface area contributed by atoms with E-state index in [0.29, 0.717) is 10.8 Å².